The summed E-state index contributed by atoms with van der Waals surface area (Å²) in [5, 5.41) is 3.66. The minimum Gasteiger partial charge on any atom is -0.349 e. The molecule has 96 valence electrons. The quantitative estimate of drug-likeness (QED) is 0.932. The molecule has 0 radical (unpaired) electrons. The first-order valence-electron chi connectivity index (χ1n) is 6.26. The van der Waals surface area contributed by atoms with E-state index >= 15 is 0 Å². The maximum Gasteiger partial charge on any atom is 0.253 e. The van der Waals surface area contributed by atoms with Crippen LogP contribution < -0.4 is 5.32 Å². The van der Waals surface area contributed by atoms with Crippen molar-refractivity contribution < 1.29 is 4.79 Å². The monoisotopic (exact) mass is 272 g/mol. The number of carbonyl (C=O) groups excluding carboxylic acids is 1. The van der Waals surface area contributed by atoms with E-state index in [0.29, 0.717) is 22.3 Å². The van der Waals surface area contributed by atoms with Gasteiger partial charge in [0.1, 0.15) is 0 Å². The normalized spacial score (nSPS) is 14.2. The van der Waals surface area contributed by atoms with Gasteiger partial charge in [-0.25, -0.2) is 0 Å². The van der Waals surface area contributed by atoms with Crippen LogP contribution >= 0.6 is 11.6 Å². The summed E-state index contributed by atoms with van der Waals surface area (Å²) in [7, 11) is 0. The third kappa shape index (κ3) is 2.76. The highest BCUT2D eigenvalue weighted by molar-refractivity contribution is 6.30. The van der Waals surface area contributed by atoms with Crippen molar-refractivity contribution in [3.8, 4) is 11.3 Å². The molecule has 1 fully saturated rings. The molecule has 1 aliphatic rings. The summed E-state index contributed by atoms with van der Waals surface area (Å²) >= 11 is 5.88. The average molecular weight is 273 g/mol. The van der Waals surface area contributed by atoms with Crippen LogP contribution in [0.5, 0.6) is 0 Å². The zero-order valence-electron chi connectivity index (χ0n) is 10.3. The van der Waals surface area contributed by atoms with Gasteiger partial charge in [0.25, 0.3) is 5.91 Å². The number of benzene rings is 1. The number of carbonyl (C=O) groups is 1. The van der Waals surface area contributed by atoms with E-state index < -0.39 is 0 Å². The molecule has 1 heterocycles. The molecule has 1 N–H and O–H groups in total. The lowest BCUT2D eigenvalue weighted by Crippen LogP contribution is -2.26. The SMILES string of the molecule is O=C(NC1CC1)c1cccnc1-c1ccc(Cl)cc1. The molecule has 1 saturated carbocycles. The molecular weight excluding hydrogens is 260 g/mol. The fourth-order valence-electron chi connectivity index (χ4n) is 1.92. The van der Waals surface area contributed by atoms with Crippen molar-refractivity contribution in [3.63, 3.8) is 0 Å². The van der Waals surface area contributed by atoms with Crippen molar-refractivity contribution in [2.45, 2.75) is 18.9 Å². The molecule has 1 amide bonds. The third-order valence-corrected chi connectivity index (χ3v) is 3.33. The van der Waals surface area contributed by atoms with E-state index in [-0.39, 0.29) is 5.91 Å². The molecule has 1 aromatic heterocycles. The maximum absolute atomic E-state index is 12.2. The van der Waals surface area contributed by atoms with Crippen LogP contribution in [0.25, 0.3) is 11.3 Å². The van der Waals surface area contributed by atoms with Crippen molar-refractivity contribution in [1.29, 1.82) is 0 Å². The van der Waals surface area contributed by atoms with Gasteiger partial charge in [-0.3, -0.25) is 9.78 Å². The lowest BCUT2D eigenvalue weighted by Gasteiger charge is -2.08. The Morgan fingerprint density at radius 2 is 1.95 bits per heavy atom. The van der Waals surface area contributed by atoms with Gasteiger partial charge < -0.3 is 5.32 Å². The van der Waals surface area contributed by atoms with Crippen LogP contribution in [0, 0.1) is 0 Å². The highest BCUT2D eigenvalue weighted by atomic mass is 35.5. The summed E-state index contributed by atoms with van der Waals surface area (Å²) in [6, 6.07) is 11.3. The van der Waals surface area contributed by atoms with E-state index in [1.807, 2.05) is 12.1 Å². The van der Waals surface area contributed by atoms with Crippen LogP contribution in [0.1, 0.15) is 23.2 Å². The fraction of sp³-hybridized carbons (Fsp3) is 0.200. The molecule has 2 aromatic rings. The molecule has 0 aliphatic heterocycles. The Morgan fingerprint density at radius 3 is 2.63 bits per heavy atom. The van der Waals surface area contributed by atoms with E-state index in [9.17, 15) is 4.79 Å². The molecular formula is C15H13ClN2O. The van der Waals surface area contributed by atoms with Crippen molar-refractivity contribution >= 4 is 17.5 Å². The Bertz CT molecular complexity index is 606. The summed E-state index contributed by atoms with van der Waals surface area (Å²) in [5.41, 5.74) is 2.19. The number of amides is 1. The zero-order chi connectivity index (χ0) is 13.2. The molecule has 3 nitrogen and oxygen atoms in total. The molecule has 0 unspecified atom stereocenters. The number of hydrogen-bond acceptors (Lipinski definition) is 2. The van der Waals surface area contributed by atoms with E-state index in [4.69, 9.17) is 11.6 Å². The predicted octanol–water partition coefficient (Wildman–Crippen LogP) is 3.29. The van der Waals surface area contributed by atoms with Gasteiger partial charge in [0.05, 0.1) is 11.3 Å². The highest BCUT2D eigenvalue weighted by Gasteiger charge is 2.25. The second kappa shape index (κ2) is 5.02. The predicted molar refractivity (Wildman–Crippen MR) is 75.2 cm³/mol. The minimum absolute atomic E-state index is 0.0550. The number of aromatic nitrogens is 1. The van der Waals surface area contributed by atoms with Gasteiger partial charge >= 0.3 is 0 Å². The van der Waals surface area contributed by atoms with Crippen LogP contribution in [0.3, 0.4) is 0 Å². The number of halogens is 1. The Morgan fingerprint density at radius 1 is 1.21 bits per heavy atom. The standard InChI is InChI=1S/C15H13ClN2O/c16-11-5-3-10(4-6-11)14-13(2-1-9-17-14)15(19)18-12-7-8-12/h1-6,9,12H,7-8H2,(H,18,19). The summed E-state index contributed by atoms with van der Waals surface area (Å²) in [5.74, 6) is -0.0550. The van der Waals surface area contributed by atoms with E-state index in [1.54, 1.807) is 30.5 Å². The van der Waals surface area contributed by atoms with Crippen LogP contribution in [0.15, 0.2) is 42.6 Å². The fourth-order valence-corrected chi connectivity index (χ4v) is 2.04. The second-order valence-electron chi connectivity index (χ2n) is 4.65. The number of hydrogen-bond donors (Lipinski definition) is 1. The lowest BCUT2D eigenvalue weighted by atomic mass is 10.1. The molecule has 1 aliphatic carbocycles. The Hall–Kier alpha value is -1.87. The molecule has 3 rings (SSSR count). The topological polar surface area (TPSA) is 42.0 Å². The van der Waals surface area contributed by atoms with Crippen molar-refractivity contribution in [3.05, 3.63) is 53.2 Å². The van der Waals surface area contributed by atoms with Crippen LogP contribution in [-0.2, 0) is 0 Å². The molecule has 0 saturated heterocycles. The van der Waals surface area contributed by atoms with Crippen molar-refractivity contribution in [1.82, 2.24) is 10.3 Å². The van der Waals surface area contributed by atoms with Gasteiger partial charge in [-0.1, -0.05) is 23.7 Å². The first-order valence-corrected chi connectivity index (χ1v) is 6.63. The highest BCUT2D eigenvalue weighted by Crippen LogP contribution is 2.24. The van der Waals surface area contributed by atoms with Gasteiger partial charge in [-0.15, -0.1) is 0 Å². The van der Waals surface area contributed by atoms with Crippen molar-refractivity contribution in [2.75, 3.05) is 0 Å². The van der Waals surface area contributed by atoms with Gasteiger partial charge in [0.2, 0.25) is 0 Å². The van der Waals surface area contributed by atoms with E-state index in [0.717, 1.165) is 18.4 Å². The first kappa shape index (κ1) is 12.2. The summed E-state index contributed by atoms with van der Waals surface area (Å²) < 4.78 is 0. The van der Waals surface area contributed by atoms with Gasteiger partial charge in [-0.2, -0.15) is 0 Å². The summed E-state index contributed by atoms with van der Waals surface area (Å²) in [6.45, 7) is 0. The van der Waals surface area contributed by atoms with Crippen LogP contribution in [0.2, 0.25) is 5.02 Å². The lowest BCUT2D eigenvalue weighted by molar-refractivity contribution is 0.0951. The maximum atomic E-state index is 12.2. The number of pyridine rings is 1. The molecule has 0 atom stereocenters. The average Bonchev–Trinajstić information content (AvgIpc) is 3.23. The Labute approximate surface area is 116 Å². The third-order valence-electron chi connectivity index (χ3n) is 3.08. The molecule has 0 bridgehead atoms. The van der Waals surface area contributed by atoms with E-state index in [1.165, 1.54) is 0 Å². The number of nitrogens with one attached hydrogen (secondary N) is 1. The molecule has 19 heavy (non-hydrogen) atoms. The van der Waals surface area contributed by atoms with Crippen LogP contribution in [-0.4, -0.2) is 16.9 Å². The smallest absolute Gasteiger partial charge is 0.253 e. The van der Waals surface area contributed by atoms with Crippen molar-refractivity contribution in [2.24, 2.45) is 0 Å². The van der Waals surface area contributed by atoms with Gasteiger partial charge in [-0.05, 0) is 37.1 Å². The first-order chi connectivity index (χ1) is 9.24. The second-order valence-corrected chi connectivity index (χ2v) is 5.09. The van der Waals surface area contributed by atoms with E-state index in [2.05, 4.69) is 10.3 Å². The molecule has 0 spiro atoms. The van der Waals surface area contributed by atoms with Crippen LogP contribution in [0.4, 0.5) is 0 Å². The zero-order valence-corrected chi connectivity index (χ0v) is 11.0. The van der Waals surface area contributed by atoms with Gasteiger partial charge in [0.15, 0.2) is 0 Å². The van der Waals surface area contributed by atoms with Gasteiger partial charge in [0, 0.05) is 22.8 Å². The summed E-state index contributed by atoms with van der Waals surface area (Å²) in [6.07, 6.45) is 3.84. The Kier molecular flexibility index (Phi) is 3.22. The molecule has 4 heteroatoms. The Balaban J connectivity index is 1.96. The minimum atomic E-state index is -0.0550. The largest absolute Gasteiger partial charge is 0.349 e. The number of nitrogens with zero attached hydrogens (tertiary/aromatic N) is 1. The number of rotatable bonds is 3. The summed E-state index contributed by atoms with van der Waals surface area (Å²) in [4.78, 5) is 16.5. The molecule has 1 aromatic carbocycles.